The van der Waals surface area contributed by atoms with Crippen molar-refractivity contribution < 1.29 is 14.8 Å². The van der Waals surface area contributed by atoms with Crippen LogP contribution in [-0.4, -0.2) is 38.2 Å². The van der Waals surface area contributed by atoms with Crippen LogP contribution in [0.4, 0.5) is 5.69 Å². The summed E-state index contributed by atoms with van der Waals surface area (Å²) in [6.07, 6.45) is 1.89. The van der Waals surface area contributed by atoms with Crippen molar-refractivity contribution >= 4 is 24.1 Å². The van der Waals surface area contributed by atoms with Gasteiger partial charge in [-0.05, 0) is 23.8 Å². The van der Waals surface area contributed by atoms with Gasteiger partial charge in [0.2, 0.25) is 10.5 Å². The smallest absolute Gasteiger partial charge is 0.315 e. The number of nitrogens with zero attached hydrogens (tertiary/aromatic N) is 4. The Labute approximate surface area is 158 Å². The van der Waals surface area contributed by atoms with Crippen molar-refractivity contribution in [2.45, 2.75) is 6.42 Å². The number of nitro groups is 1. The highest BCUT2D eigenvalue weighted by Crippen LogP contribution is 2.36. The van der Waals surface area contributed by atoms with E-state index in [1.54, 1.807) is 0 Å². The third kappa shape index (κ3) is 4.01. The molecule has 3 aromatic rings. The number of benzene rings is 2. The zero-order valence-corrected chi connectivity index (χ0v) is 15.0. The first-order valence-corrected chi connectivity index (χ1v) is 8.20. The van der Waals surface area contributed by atoms with Gasteiger partial charge in [0, 0.05) is 18.1 Å². The lowest BCUT2D eigenvalue weighted by molar-refractivity contribution is -0.386. The van der Waals surface area contributed by atoms with Crippen molar-refractivity contribution in [3.05, 3.63) is 74.3 Å². The van der Waals surface area contributed by atoms with E-state index >= 15 is 0 Å². The second-order valence-corrected chi connectivity index (χ2v) is 5.90. The number of phenols is 1. The van der Waals surface area contributed by atoms with Crippen LogP contribution in [0.15, 0.2) is 47.6 Å². The molecule has 3 rings (SSSR count). The Morgan fingerprint density at radius 2 is 2.15 bits per heavy atom. The van der Waals surface area contributed by atoms with E-state index < -0.39 is 16.4 Å². The highest BCUT2D eigenvalue weighted by Gasteiger charge is 2.19. The first-order valence-electron chi connectivity index (χ1n) is 7.79. The molecule has 0 aliphatic carbocycles. The van der Waals surface area contributed by atoms with E-state index in [0.29, 0.717) is 17.8 Å². The molecule has 2 N–H and O–H groups in total. The van der Waals surface area contributed by atoms with Gasteiger partial charge in [-0.1, -0.05) is 30.3 Å². The van der Waals surface area contributed by atoms with E-state index in [2.05, 4.69) is 15.3 Å². The molecule has 1 aromatic heterocycles. The minimum Gasteiger partial charge on any atom is -0.500 e. The molecule has 0 fully saturated rings. The Morgan fingerprint density at radius 3 is 2.81 bits per heavy atom. The molecule has 0 saturated heterocycles. The molecule has 0 amide bonds. The normalized spacial score (nSPS) is 11.0. The third-order valence-corrected chi connectivity index (χ3v) is 4.00. The number of nitro benzene ring substituents is 1. The molecule has 0 unspecified atom stereocenters. The van der Waals surface area contributed by atoms with Crippen molar-refractivity contribution in [2.24, 2.45) is 5.10 Å². The van der Waals surface area contributed by atoms with E-state index in [1.807, 2.05) is 30.3 Å². The summed E-state index contributed by atoms with van der Waals surface area (Å²) in [4.78, 5) is 10.4. The number of ether oxygens (including phenoxy) is 1. The van der Waals surface area contributed by atoms with Crippen molar-refractivity contribution in [2.75, 3.05) is 7.11 Å². The highest BCUT2D eigenvalue weighted by molar-refractivity contribution is 7.71. The Balaban J connectivity index is 1.95. The van der Waals surface area contributed by atoms with Crippen LogP contribution >= 0.6 is 12.2 Å². The molecule has 10 heteroatoms. The Hall–Kier alpha value is -3.53. The Kier molecular flexibility index (Phi) is 5.27. The average Bonchev–Trinajstić information content (AvgIpc) is 3.01. The molecular weight excluding hydrogens is 370 g/mol. The van der Waals surface area contributed by atoms with Gasteiger partial charge in [0.1, 0.15) is 0 Å². The fraction of sp³-hybridized carbons (Fsp3) is 0.118. The predicted molar refractivity (Wildman–Crippen MR) is 101 cm³/mol. The number of hydrogen-bond donors (Lipinski definition) is 2. The van der Waals surface area contributed by atoms with Gasteiger partial charge in [-0.15, -0.1) is 0 Å². The molecule has 27 heavy (non-hydrogen) atoms. The van der Waals surface area contributed by atoms with E-state index in [0.717, 1.165) is 5.56 Å². The number of methoxy groups -OCH3 is 1. The maximum absolute atomic E-state index is 11.1. The SMILES string of the molecule is COc1cc(/C=N\n2c(Cc3ccccc3)n[nH]c2=S)cc([N+](=O)[O-])c1O. The fourth-order valence-corrected chi connectivity index (χ4v) is 2.64. The summed E-state index contributed by atoms with van der Waals surface area (Å²) in [6.45, 7) is 0. The largest absolute Gasteiger partial charge is 0.500 e. The molecule has 0 bridgehead atoms. The average molecular weight is 385 g/mol. The Morgan fingerprint density at radius 1 is 1.41 bits per heavy atom. The lowest BCUT2D eigenvalue weighted by Gasteiger charge is -2.05. The van der Waals surface area contributed by atoms with Crippen LogP contribution in [0.25, 0.3) is 0 Å². The molecule has 2 aromatic carbocycles. The highest BCUT2D eigenvalue weighted by atomic mass is 32.1. The van der Waals surface area contributed by atoms with Crippen LogP contribution in [-0.2, 0) is 6.42 Å². The minimum absolute atomic E-state index is 0.0223. The van der Waals surface area contributed by atoms with Crippen LogP contribution in [0.2, 0.25) is 0 Å². The topological polar surface area (TPSA) is 119 Å². The van der Waals surface area contributed by atoms with Gasteiger partial charge in [0.05, 0.1) is 18.2 Å². The van der Waals surface area contributed by atoms with Crippen molar-refractivity contribution in [1.29, 1.82) is 0 Å². The number of aromatic hydroxyl groups is 1. The zero-order chi connectivity index (χ0) is 19.4. The first-order chi connectivity index (χ1) is 13.0. The molecular formula is C17H15N5O4S. The van der Waals surface area contributed by atoms with E-state index in [9.17, 15) is 15.2 Å². The van der Waals surface area contributed by atoms with Crippen molar-refractivity contribution in [1.82, 2.24) is 14.9 Å². The van der Waals surface area contributed by atoms with E-state index in [-0.39, 0.29) is 10.5 Å². The number of aromatic amines is 1. The molecule has 0 atom stereocenters. The number of aromatic nitrogens is 3. The summed E-state index contributed by atoms with van der Waals surface area (Å²) in [6, 6.07) is 12.3. The number of H-pyrrole nitrogens is 1. The standard InChI is InChI=1S/C17H15N5O4S/c1-26-14-8-12(7-13(16(14)23)22(24)25)10-18-21-15(19-20-17(21)27)9-11-5-3-2-4-6-11/h2-8,10,23H,9H2,1H3,(H,20,27)/b18-10-. The molecule has 1 heterocycles. The minimum atomic E-state index is -0.695. The van der Waals surface area contributed by atoms with Crippen LogP contribution < -0.4 is 4.74 Å². The second-order valence-electron chi connectivity index (χ2n) is 5.51. The van der Waals surface area contributed by atoms with Crippen LogP contribution in [0.3, 0.4) is 0 Å². The zero-order valence-electron chi connectivity index (χ0n) is 14.2. The summed E-state index contributed by atoms with van der Waals surface area (Å²) in [5, 5.41) is 32.1. The van der Waals surface area contributed by atoms with Crippen LogP contribution in [0.5, 0.6) is 11.5 Å². The van der Waals surface area contributed by atoms with Crippen LogP contribution in [0, 0.1) is 14.9 Å². The number of nitrogens with one attached hydrogen (secondary N) is 1. The lowest BCUT2D eigenvalue weighted by atomic mass is 10.1. The lowest BCUT2D eigenvalue weighted by Crippen LogP contribution is -2.01. The van der Waals surface area contributed by atoms with Gasteiger partial charge in [0.15, 0.2) is 11.6 Å². The molecule has 0 radical (unpaired) electrons. The number of phenolic OH excluding ortho intramolecular Hbond substituents is 1. The van der Waals surface area contributed by atoms with Gasteiger partial charge in [0.25, 0.3) is 0 Å². The maximum Gasteiger partial charge on any atom is 0.315 e. The molecule has 138 valence electrons. The first kappa shape index (κ1) is 18.3. The molecule has 0 spiro atoms. The van der Waals surface area contributed by atoms with Gasteiger partial charge in [-0.2, -0.15) is 14.9 Å². The number of rotatable bonds is 6. The van der Waals surface area contributed by atoms with Gasteiger partial charge in [-0.3, -0.25) is 15.2 Å². The second kappa shape index (κ2) is 7.79. The van der Waals surface area contributed by atoms with Gasteiger partial charge < -0.3 is 9.84 Å². The van der Waals surface area contributed by atoms with Crippen molar-refractivity contribution in [3.8, 4) is 11.5 Å². The van der Waals surface area contributed by atoms with Crippen molar-refractivity contribution in [3.63, 3.8) is 0 Å². The maximum atomic E-state index is 11.1. The van der Waals surface area contributed by atoms with Crippen LogP contribution in [0.1, 0.15) is 17.0 Å². The van der Waals surface area contributed by atoms with E-state index in [1.165, 1.54) is 30.1 Å². The summed E-state index contributed by atoms with van der Waals surface area (Å²) >= 11 is 5.20. The van der Waals surface area contributed by atoms with Gasteiger partial charge >= 0.3 is 5.69 Å². The summed E-state index contributed by atoms with van der Waals surface area (Å²) in [5.41, 5.74) is 0.922. The molecule has 9 nitrogen and oxygen atoms in total. The predicted octanol–water partition coefficient (Wildman–Crippen LogP) is 3.04. The molecule has 0 aliphatic heterocycles. The monoisotopic (exact) mass is 385 g/mol. The number of hydrogen-bond acceptors (Lipinski definition) is 7. The Bertz CT molecular complexity index is 1060. The third-order valence-electron chi connectivity index (χ3n) is 3.74. The summed E-state index contributed by atoms with van der Waals surface area (Å²) < 4.78 is 6.71. The molecule has 0 saturated carbocycles. The summed E-state index contributed by atoms with van der Waals surface area (Å²) in [7, 11) is 1.31. The van der Waals surface area contributed by atoms with E-state index in [4.69, 9.17) is 17.0 Å². The fourth-order valence-electron chi connectivity index (χ4n) is 2.44. The van der Waals surface area contributed by atoms with Gasteiger partial charge in [-0.25, -0.2) is 0 Å². The molecule has 0 aliphatic rings. The summed E-state index contributed by atoms with van der Waals surface area (Å²) in [5.74, 6) is 0.0259. The quantitative estimate of drug-likeness (QED) is 0.291.